The van der Waals surface area contributed by atoms with E-state index < -0.39 is 0 Å². The zero-order valence-corrected chi connectivity index (χ0v) is 16.6. The van der Waals surface area contributed by atoms with E-state index in [2.05, 4.69) is 27.3 Å². The van der Waals surface area contributed by atoms with Crippen molar-refractivity contribution >= 4 is 28.2 Å². The Balaban J connectivity index is 1.50. The average molecular weight is 374 g/mol. The summed E-state index contributed by atoms with van der Waals surface area (Å²) in [5, 5.41) is 6.20. The Morgan fingerprint density at radius 2 is 2.08 bits per heavy atom. The van der Waals surface area contributed by atoms with Crippen LogP contribution in [-0.2, 0) is 11.2 Å². The van der Waals surface area contributed by atoms with Crippen molar-refractivity contribution < 1.29 is 4.79 Å². The van der Waals surface area contributed by atoms with Gasteiger partial charge in [-0.1, -0.05) is 6.07 Å². The van der Waals surface area contributed by atoms with Crippen molar-refractivity contribution in [2.24, 2.45) is 5.92 Å². The first-order chi connectivity index (χ1) is 12.5. The topological polar surface area (TPSA) is 61.4 Å². The first-order valence-corrected chi connectivity index (χ1v) is 9.95. The van der Waals surface area contributed by atoms with Crippen molar-refractivity contribution in [2.75, 3.05) is 39.0 Å². The number of nitrogens with one attached hydrogen (secondary N) is 1. The predicted molar refractivity (Wildman–Crippen MR) is 106 cm³/mol. The number of piperidine rings is 1. The molecule has 3 heterocycles. The highest BCUT2D eigenvalue weighted by Gasteiger charge is 2.22. The summed E-state index contributed by atoms with van der Waals surface area (Å²) in [6.45, 7) is 4.50. The molecule has 0 saturated carbocycles. The Morgan fingerprint density at radius 3 is 2.73 bits per heavy atom. The van der Waals surface area contributed by atoms with Crippen LogP contribution in [0.25, 0.3) is 0 Å². The SMILES string of the molecule is Cc1csc(Nc2cccc(CC3CCN(CC(=O)N(C)C)CC3)n2)n1. The number of likely N-dealkylation sites (N-methyl/N-ethyl adjacent to an activating group) is 1. The first-order valence-electron chi connectivity index (χ1n) is 9.07. The van der Waals surface area contributed by atoms with Gasteiger partial charge < -0.3 is 10.2 Å². The lowest BCUT2D eigenvalue weighted by atomic mass is 9.92. The van der Waals surface area contributed by atoms with Gasteiger partial charge in [-0.05, 0) is 57.3 Å². The Kier molecular flexibility index (Phi) is 6.21. The predicted octanol–water partition coefficient (Wildman–Crippen LogP) is 2.93. The summed E-state index contributed by atoms with van der Waals surface area (Å²) >= 11 is 1.59. The Hall–Kier alpha value is -1.99. The van der Waals surface area contributed by atoms with Gasteiger partial charge in [0.15, 0.2) is 5.13 Å². The van der Waals surface area contributed by atoms with Crippen molar-refractivity contribution in [1.82, 2.24) is 19.8 Å². The lowest BCUT2D eigenvalue weighted by molar-refractivity contribution is -0.130. The summed E-state index contributed by atoms with van der Waals surface area (Å²) in [7, 11) is 3.63. The Labute approximate surface area is 159 Å². The lowest BCUT2D eigenvalue weighted by Crippen LogP contribution is -2.41. The van der Waals surface area contributed by atoms with Crippen LogP contribution >= 0.6 is 11.3 Å². The third-order valence-electron chi connectivity index (χ3n) is 4.72. The molecular weight excluding hydrogens is 346 g/mol. The largest absolute Gasteiger partial charge is 0.348 e. The zero-order chi connectivity index (χ0) is 18.5. The van der Waals surface area contributed by atoms with Gasteiger partial charge >= 0.3 is 0 Å². The second-order valence-electron chi connectivity index (χ2n) is 7.15. The molecule has 0 bridgehead atoms. The standard InChI is InChI=1S/C19H27N5OS/c1-14-13-26-19(20-14)22-17-6-4-5-16(21-17)11-15-7-9-24(10-8-15)12-18(25)23(2)3/h4-6,13,15H,7-12H2,1-3H3,(H,20,21,22). The second kappa shape index (κ2) is 8.60. The minimum Gasteiger partial charge on any atom is -0.348 e. The summed E-state index contributed by atoms with van der Waals surface area (Å²) in [6.07, 6.45) is 3.22. The number of hydrogen-bond donors (Lipinski definition) is 1. The van der Waals surface area contributed by atoms with Gasteiger partial charge in [0.05, 0.1) is 12.2 Å². The van der Waals surface area contributed by atoms with Crippen LogP contribution in [-0.4, -0.2) is 59.4 Å². The third-order valence-corrected chi connectivity index (χ3v) is 5.60. The number of nitrogens with zero attached hydrogens (tertiary/aromatic N) is 4. The average Bonchev–Trinajstić information content (AvgIpc) is 3.01. The molecule has 3 rings (SSSR count). The molecule has 0 spiro atoms. The van der Waals surface area contributed by atoms with Crippen LogP contribution in [0.2, 0.25) is 0 Å². The Bertz CT molecular complexity index is 737. The number of aromatic nitrogens is 2. The number of carbonyl (C=O) groups is 1. The minimum atomic E-state index is 0.182. The molecule has 6 nitrogen and oxygen atoms in total. The maximum absolute atomic E-state index is 11.8. The van der Waals surface area contributed by atoms with E-state index in [4.69, 9.17) is 4.98 Å². The van der Waals surface area contributed by atoms with Crippen molar-refractivity contribution in [3.05, 3.63) is 35.0 Å². The number of rotatable bonds is 6. The molecule has 0 atom stereocenters. The van der Waals surface area contributed by atoms with Gasteiger partial charge in [-0.3, -0.25) is 9.69 Å². The molecule has 1 aliphatic heterocycles. The number of hydrogen-bond acceptors (Lipinski definition) is 6. The van der Waals surface area contributed by atoms with E-state index >= 15 is 0 Å². The van der Waals surface area contributed by atoms with Gasteiger partial charge in [0, 0.05) is 25.2 Å². The normalized spacial score (nSPS) is 15.8. The molecular formula is C19H27N5OS. The van der Waals surface area contributed by atoms with E-state index in [1.807, 2.05) is 32.5 Å². The number of carbonyl (C=O) groups excluding carboxylic acids is 1. The molecule has 1 aliphatic rings. The molecule has 0 aromatic carbocycles. The number of amides is 1. The molecule has 2 aromatic heterocycles. The highest BCUT2D eigenvalue weighted by molar-refractivity contribution is 7.13. The Morgan fingerprint density at radius 1 is 1.31 bits per heavy atom. The number of anilines is 2. The fraction of sp³-hybridized carbons (Fsp3) is 0.526. The first kappa shape index (κ1) is 18.8. The summed E-state index contributed by atoms with van der Waals surface area (Å²) in [4.78, 5) is 24.9. The van der Waals surface area contributed by atoms with Crippen molar-refractivity contribution in [1.29, 1.82) is 0 Å². The van der Waals surface area contributed by atoms with Gasteiger partial charge in [0.1, 0.15) is 5.82 Å². The smallest absolute Gasteiger partial charge is 0.236 e. The fourth-order valence-corrected chi connectivity index (χ4v) is 3.86. The van der Waals surface area contributed by atoms with Crippen molar-refractivity contribution in [3.63, 3.8) is 0 Å². The van der Waals surface area contributed by atoms with Gasteiger partial charge in [-0.15, -0.1) is 11.3 Å². The van der Waals surface area contributed by atoms with E-state index in [-0.39, 0.29) is 5.91 Å². The maximum atomic E-state index is 11.8. The minimum absolute atomic E-state index is 0.182. The monoisotopic (exact) mass is 373 g/mol. The molecule has 1 fully saturated rings. The summed E-state index contributed by atoms with van der Waals surface area (Å²) in [5.74, 6) is 1.66. The van der Waals surface area contributed by atoms with E-state index in [0.717, 1.165) is 54.7 Å². The highest BCUT2D eigenvalue weighted by atomic mass is 32.1. The number of pyridine rings is 1. The van der Waals surface area contributed by atoms with Crippen LogP contribution in [0.3, 0.4) is 0 Å². The van der Waals surface area contributed by atoms with Crippen LogP contribution in [0.4, 0.5) is 10.9 Å². The molecule has 1 amide bonds. The maximum Gasteiger partial charge on any atom is 0.236 e. The molecule has 7 heteroatoms. The summed E-state index contributed by atoms with van der Waals surface area (Å²) < 4.78 is 0. The lowest BCUT2D eigenvalue weighted by Gasteiger charge is -2.32. The van der Waals surface area contributed by atoms with Crippen LogP contribution in [0.15, 0.2) is 23.6 Å². The van der Waals surface area contributed by atoms with E-state index in [0.29, 0.717) is 12.5 Å². The van der Waals surface area contributed by atoms with Crippen molar-refractivity contribution in [2.45, 2.75) is 26.2 Å². The number of thiazole rings is 1. The van der Waals surface area contributed by atoms with Gasteiger partial charge in [-0.2, -0.15) is 0 Å². The molecule has 26 heavy (non-hydrogen) atoms. The molecule has 140 valence electrons. The molecule has 1 saturated heterocycles. The summed E-state index contributed by atoms with van der Waals surface area (Å²) in [5.41, 5.74) is 2.14. The van der Waals surface area contributed by atoms with E-state index in [1.54, 1.807) is 16.2 Å². The van der Waals surface area contributed by atoms with Gasteiger partial charge in [0.2, 0.25) is 5.91 Å². The molecule has 1 N–H and O–H groups in total. The fourth-order valence-electron chi connectivity index (χ4n) is 3.16. The molecule has 2 aromatic rings. The van der Waals surface area contributed by atoms with E-state index in [9.17, 15) is 4.79 Å². The van der Waals surface area contributed by atoms with E-state index in [1.165, 1.54) is 0 Å². The summed E-state index contributed by atoms with van der Waals surface area (Å²) in [6, 6.07) is 6.13. The van der Waals surface area contributed by atoms with Crippen LogP contribution in [0, 0.1) is 12.8 Å². The molecule has 0 radical (unpaired) electrons. The quantitative estimate of drug-likeness (QED) is 0.844. The van der Waals surface area contributed by atoms with Crippen LogP contribution in [0.5, 0.6) is 0 Å². The third kappa shape index (κ3) is 5.25. The molecule has 0 aliphatic carbocycles. The van der Waals surface area contributed by atoms with Gasteiger partial charge in [-0.25, -0.2) is 9.97 Å². The number of likely N-dealkylation sites (tertiary alicyclic amines) is 1. The second-order valence-corrected chi connectivity index (χ2v) is 8.00. The number of aryl methyl sites for hydroxylation is 1. The van der Waals surface area contributed by atoms with Crippen molar-refractivity contribution in [3.8, 4) is 0 Å². The van der Waals surface area contributed by atoms with Gasteiger partial charge in [0.25, 0.3) is 0 Å². The highest BCUT2D eigenvalue weighted by Crippen LogP contribution is 2.23. The van der Waals surface area contributed by atoms with Crippen LogP contribution < -0.4 is 5.32 Å². The van der Waals surface area contributed by atoms with Crippen LogP contribution in [0.1, 0.15) is 24.2 Å². The zero-order valence-electron chi connectivity index (χ0n) is 15.7. The molecule has 0 unspecified atom stereocenters.